The van der Waals surface area contributed by atoms with E-state index in [2.05, 4.69) is 140 Å². The number of hydrogen-bond acceptors (Lipinski definition) is 3. The normalized spacial score (nSPS) is 13.0. The molecular weight excluding hydrogens is 623 g/mol. The molecule has 0 spiro atoms. The van der Waals surface area contributed by atoms with Crippen LogP contribution in [0, 0.1) is 0 Å². The van der Waals surface area contributed by atoms with Gasteiger partial charge in [-0.15, -0.1) is 0 Å². The number of hydrazone groups is 1. The molecule has 1 aliphatic carbocycles. The monoisotopic (exact) mass is 661 g/mol. The predicted molar refractivity (Wildman–Crippen MR) is 213 cm³/mol. The third-order valence-electron chi connectivity index (χ3n) is 10.2. The van der Waals surface area contributed by atoms with Crippen molar-refractivity contribution in [1.82, 2.24) is 0 Å². The van der Waals surface area contributed by atoms with E-state index in [0.29, 0.717) is 5.84 Å². The summed E-state index contributed by atoms with van der Waals surface area (Å²) in [5.41, 5.74) is 21.3. The molecule has 4 nitrogen and oxygen atoms in total. The Morgan fingerprint density at radius 3 is 1.96 bits per heavy atom. The van der Waals surface area contributed by atoms with Gasteiger partial charge in [0.2, 0.25) is 0 Å². The molecule has 4 N–H and O–H groups in total. The number of benzene rings is 7. The molecule has 51 heavy (non-hydrogen) atoms. The fraction of sp³-hybridized carbons (Fsp3) is 0.0851. The van der Waals surface area contributed by atoms with Gasteiger partial charge in [-0.05, 0) is 86.3 Å². The standard InChI is InChI=1S/C34H26O.C13H13N3/c1-34(2)29-13-7-6-12-26(29)27-20-23(15-17-30(27)34)24-16-18-31-28(21-24)33-25(11-8-14-32(33)35-31)19-22-9-4-3-5-10-22;14-13(16-15)12-8-6-11(7-9-12)10-4-2-1-3-5-10/h3-18,20-21H,19H2,1-2H3;1-9H,15H2,(H2,14,16). The number of nitrogens with zero attached hydrogens (tertiary/aromatic N) is 1. The summed E-state index contributed by atoms with van der Waals surface area (Å²) >= 11 is 0. The van der Waals surface area contributed by atoms with Gasteiger partial charge in [-0.3, -0.25) is 0 Å². The first kappa shape index (κ1) is 31.9. The minimum absolute atomic E-state index is 0.0293. The second kappa shape index (κ2) is 13.1. The Morgan fingerprint density at radius 1 is 0.569 bits per heavy atom. The molecule has 248 valence electrons. The van der Waals surface area contributed by atoms with E-state index in [0.717, 1.165) is 28.7 Å². The van der Waals surface area contributed by atoms with Gasteiger partial charge < -0.3 is 16.0 Å². The van der Waals surface area contributed by atoms with Crippen LogP contribution in [0.15, 0.2) is 173 Å². The number of furan rings is 1. The smallest absolute Gasteiger partial charge is 0.150 e. The van der Waals surface area contributed by atoms with Crippen LogP contribution >= 0.6 is 0 Å². The molecule has 9 rings (SSSR count). The van der Waals surface area contributed by atoms with Gasteiger partial charge in [0, 0.05) is 21.8 Å². The van der Waals surface area contributed by atoms with Gasteiger partial charge in [-0.25, -0.2) is 0 Å². The first-order valence-electron chi connectivity index (χ1n) is 17.3. The van der Waals surface area contributed by atoms with Crippen LogP contribution in [-0.2, 0) is 11.8 Å². The molecule has 0 aliphatic heterocycles. The quantitative estimate of drug-likeness (QED) is 0.0834. The first-order valence-corrected chi connectivity index (χ1v) is 17.3. The summed E-state index contributed by atoms with van der Waals surface area (Å²) in [6.07, 6.45) is 0.891. The van der Waals surface area contributed by atoms with Crippen LogP contribution in [0.1, 0.15) is 41.7 Å². The van der Waals surface area contributed by atoms with E-state index in [-0.39, 0.29) is 5.41 Å². The maximum atomic E-state index is 6.27. The Bertz CT molecular complexity index is 2530. The van der Waals surface area contributed by atoms with E-state index in [1.165, 1.54) is 60.8 Å². The van der Waals surface area contributed by atoms with Gasteiger partial charge in [-0.2, -0.15) is 5.10 Å². The molecular formula is C47H39N3O. The summed E-state index contributed by atoms with van der Waals surface area (Å²) in [7, 11) is 0. The molecule has 4 heteroatoms. The van der Waals surface area contributed by atoms with E-state index in [1.54, 1.807) is 0 Å². The summed E-state index contributed by atoms with van der Waals surface area (Å²) < 4.78 is 6.27. The molecule has 1 aromatic heterocycles. The van der Waals surface area contributed by atoms with Crippen molar-refractivity contribution in [1.29, 1.82) is 0 Å². The van der Waals surface area contributed by atoms with Gasteiger partial charge in [0.25, 0.3) is 0 Å². The van der Waals surface area contributed by atoms with E-state index >= 15 is 0 Å². The average Bonchev–Trinajstić information content (AvgIpc) is 3.67. The molecule has 0 amide bonds. The zero-order valence-electron chi connectivity index (χ0n) is 28.8. The fourth-order valence-corrected chi connectivity index (χ4v) is 7.48. The SMILES string of the molecule is CC1(C)c2ccccc2-c2cc(-c3ccc4oc5cccc(Cc6ccccc6)c5c4c3)ccc21.N/N=C(\N)c1ccc(-c2ccccc2)cc1. The fourth-order valence-electron chi connectivity index (χ4n) is 7.48. The van der Waals surface area contributed by atoms with Crippen molar-refractivity contribution in [2.75, 3.05) is 0 Å². The summed E-state index contributed by atoms with van der Waals surface area (Å²) in [4.78, 5) is 0. The predicted octanol–water partition coefficient (Wildman–Crippen LogP) is 11.1. The van der Waals surface area contributed by atoms with Gasteiger partial charge in [-0.1, -0.05) is 153 Å². The molecule has 1 aliphatic rings. The molecule has 0 saturated heterocycles. The maximum Gasteiger partial charge on any atom is 0.150 e. The molecule has 0 atom stereocenters. The molecule has 7 aromatic carbocycles. The van der Waals surface area contributed by atoms with Crippen molar-refractivity contribution in [2.24, 2.45) is 16.7 Å². The van der Waals surface area contributed by atoms with E-state index in [4.69, 9.17) is 16.0 Å². The second-order valence-corrected chi connectivity index (χ2v) is 13.7. The van der Waals surface area contributed by atoms with Crippen molar-refractivity contribution >= 4 is 27.8 Å². The van der Waals surface area contributed by atoms with Crippen LogP contribution < -0.4 is 11.6 Å². The lowest BCUT2D eigenvalue weighted by Crippen LogP contribution is -2.15. The van der Waals surface area contributed by atoms with Crippen LogP contribution in [0.2, 0.25) is 0 Å². The highest BCUT2D eigenvalue weighted by molar-refractivity contribution is 6.08. The molecule has 0 unspecified atom stereocenters. The topological polar surface area (TPSA) is 77.5 Å². The number of nitrogens with two attached hydrogens (primary N) is 2. The Morgan fingerprint density at radius 2 is 1.20 bits per heavy atom. The van der Waals surface area contributed by atoms with Gasteiger partial charge in [0.1, 0.15) is 17.0 Å². The summed E-state index contributed by atoms with van der Waals surface area (Å²) in [6, 6.07) is 57.5. The van der Waals surface area contributed by atoms with Crippen LogP contribution in [0.5, 0.6) is 0 Å². The lowest BCUT2D eigenvalue weighted by Gasteiger charge is -2.21. The Kier molecular flexibility index (Phi) is 8.21. The van der Waals surface area contributed by atoms with Gasteiger partial charge >= 0.3 is 0 Å². The van der Waals surface area contributed by atoms with Crippen LogP contribution in [0.3, 0.4) is 0 Å². The maximum absolute atomic E-state index is 6.27. The van der Waals surface area contributed by atoms with E-state index in [1.807, 2.05) is 42.5 Å². The first-order chi connectivity index (χ1) is 24.9. The number of amidine groups is 1. The summed E-state index contributed by atoms with van der Waals surface area (Å²) in [5, 5.41) is 5.86. The van der Waals surface area contributed by atoms with Crippen LogP contribution in [-0.4, -0.2) is 5.84 Å². The second-order valence-electron chi connectivity index (χ2n) is 13.7. The number of rotatable bonds is 5. The molecule has 0 radical (unpaired) electrons. The average molecular weight is 662 g/mol. The van der Waals surface area contributed by atoms with Crippen molar-refractivity contribution < 1.29 is 4.42 Å². The Hall–Kier alpha value is -6.39. The van der Waals surface area contributed by atoms with Crippen molar-refractivity contribution in [3.63, 3.8) is 0 Å². The highest BCUT2D eigenvalue weighted by Gasteiger charge is 2.35. The number of fused-ring (bicyclic) bond motifs is 6. The van der Waals surface area contributed by atoms with Crippen molar-refractivity contribution in [3.8, 4) is 33.4 Å². The summed E-state index contributed by atoms with van der Waals surface area (Å²) in [5.74, 6) is 5.46. The van der Waals surface area contributed by atoms with Crippen LogP contribution in [0.4, 0.5) is 0 Å². The summed E-state index contributed by atoms with van der Waals surface area (Å²) in [6.45, 7) is 4.66. The third-order valence-corrected chi connectivity index (χ3v) is 10.2. The van der Waals surface area contributed by atoms with E-state index in [9.17, 15) is 0 Å². The zero-order chi connectivity index (χ0) is 35.0. The lowest BCUT2D eigenvalue weighted by atomic mass is 9.82. The lowest BCUT2D eigenvalue weighted by molar-refractivity contribution is 0.660. The zero-order valence-corrected chi connectivity index (χ0v) is 28.8. The highest BCUT2D eigenvalue weighted by atomic mass is 16.3. The minimum atomic E-state index is 0.0293. The van der Waals surface area contributed by atoms with Crippen molar-refractivity contribution in [3.05, 3.63) is 192 Å². The minimum Gasteiger partial charge on any atom is -0.456 e. The van der Waals surface area contributed by atoms with E-state index < -0.39 is 0 Å². The highest BCUT2D eigenvalue weighted by Crippen LogP contribution is 2.49. The molecule has 0 saturated carbocycles. The molecule has 0 bridgehead atoms. The third kappa shape index (κ3) is 5.95. The Balaban J connectivity index is 0.000000196. The van der Waals surface area contributed by atoms with Crippen LogP contribution in [0.25, 0.3) is 55.3 Å². The van der Waals surface area contributed by atoms with Gasteiger partial charge in [0.05, 0.1) is 0 Å². The largest absolute Gasteiger partial charge is 0.456 e. The molecule has 8 aromatic rings. The molecule has 0 fully saturated rings. The van der Waals surface area contributed by atoms with Gasteiger partial charge in [0.15, 0.2) is 0 Å². The number of hydrogen-bond donors (Lipinski definition) is 2. The Labute approximate surface area is 298 Å². The molecule has 1 heterocycles. The van der Waals surface area contributed by atoms with Crippen molar-refractivity contribution in [2.45, 2.75) is 25.7 Å².